The summed E-state index contributed by atoms with van der Waals surface area (Å²) in [6.45, 7) is 5.67. The Balaban J connectivity index is 2.26. The summed E-state index contributed by atoms with van der Waals surface area (Å²) in [5.74, 6) is 2.03. The van der Waals surface area contributed by atoms with Crippen LogP contribution in [-0.4, -0.2) is 30.8 Å². The van der Waals surface area contributed by atoms with Gasteiger partial charge >= 0.3 is 0 Å². The highest BCUT2D eigenvalue weighted by atomic mass is 15.4. The molecule has 0 radical (unpaired) electrons. The van der Waals surface area contributed by atoms with Gasteiger partial charge in [-0.25, -0.2) is 15.0 Å². The van der Waals surface area contributed by atoms with Crippen LogP contribution in [0, 0.1) is 13.8 Å². The van der Waals surface area contributed by atoms with Crippen molar-refractivity contribution in [2.75, 3.05) is 0 Å². The first-order valence-electron chi connectivity index (χ1n) is 5.53. The van der Waals surface area contributed by atoms with Crippen LogP contribution in [0.15, 0.2) is 12.4 Å². The molecule has 2 aromatic rings. The molecule has 0 fully saturated rings. The fourth-order valence-electron chi connectivity index (χ4n) is 1.64. The lowest BCUT2D eigenvalue weighted by atomic mass is 10.1. The Bertz CT molecular complexity index is 499. The topological polar surface area (TPSA) is 82.5 Å². The van der Waals surface area contributed by atoms with E-state index in [9.17, 15) is 0 Å². The van der Waals surface area contributed by atoms with E-state index in [-0.39, 0.29) is 6.04 Å². The van der Waals surface area contributed by atoms with E-state index in [4.69, 9.17) is 5.73 Å². The highest BCUT2D eigenvalue weighted by molar-refractivity contribution is 5.15. The molecule has 1 atom stereocenters. The summed E-state index contributed by atoms with van der Waals surface area (Å²) in [6.07, 6.45) is 4.33. The monoisotopic (exact) mass is 232 g/mol. The van der Waals surface area contributed by atoms with E-state index in [2.05, 4.69) is 20.1 Å². The van der Waals surface area contributed by atoms with Crippen molar-refractivity contribution in [1.82, 2.24) is 24.7 Å². The number of rotatable bonds is 3. The maximum atomic E-state index is 5.72. The molecule has 2 N–H and O–H groups in total. The number of aromatic nitrogens is 5. The molecule has 1 unspecified atom stereocenters. The molecule has 2 heterocycles. The Kier molecular flexibility index (Phi) is 3.14. The summed E-state index contributed by atoms with van der Waals surface area (Å²) < 4.78 is 1.63. The summed E-state index contributed by atoms with van der Waals surface area (Å²) in [4.78, 5) is 12.8. The average Bonchev–Trinajstić information content (AvgIpc) is 2.58. The smallest absolute Gasteiger partial charge is 0.252 e. The molecule has 0 bridgehead atoms. The van der Waals surface area contributed by atoms with Crippen LogP contribution in [0.5, 0.6) is 0 Å². The van der Waals surface area contributed by atoms with E-state index in [1.165, 1.54) is 0 Å². The molecule has 0 saturated heterocycles. The molecular formula is C11H16N6. The summed E-state index contributed by atoms with van der Waals surface area (Å²) in [5, 5.41) is 4.23. The number of aryl methyl sites for hydroxylation is 2. The number of nitrogens with zero attached hydrogens (tertiary/aromatic N) is 5. The Labute approximate surface area is 99.9 Å². The lowest BCUT2D eigenvalue weighted by molar-refractivity contribution is 0.721. The average molecular weight is 232 g/mol. The van der Waals surface area contributed by atoms with Gasteiger partial charge in [0.1, 0.15) is 11.6 Å². The highest BCUT2D eigenvalue weighted by Crippen LogP contribution is 2.05. The minimum absolute atomic E-state index is 0.111. The van der Waals surface area contributed by atoms with Gasteiger partial charge in [-0.3, -0.25) is 0 Å². The molecule has 0 amide bonds. The van der Waals surface area contributed by atoms with E-state index >= 15 is 0 Å². The highest BCUT2D eigenvalue weighted by Gasteiger charge is 2.07. The van der Waals surface area contributed by atoms with Crippen molar-refractivity contribution in [1.29, 1.82) is 0 Å². The normalized spacial score (nSPS) is 12.7. The minimum Gasteiger partial charge on any atom is -0.328 e. The molecular weight excluding hydrogens is 216 g/mol. The molecule has 0 aromatic carbocycles. The van der Waals surface area contributed by atoms with Crippen molar-refractivity contribution < 1.29 is 0 Å². The Morgan fingerprint density at radius 1 is 1.29 bits per heavy atom. The van der Waals surface area contributed by atoms with E-state index in [0.717, 1.165) is 17.8 Å². The molecule has 6 heteroatoms. The fraction of sp³-hybridized carbons (Fsp3) is 0.455. The van der Waals surface area contributed by atoms with Gasteiger partial charge in [-0.2, -0.15) is 4.68 Å². The van der Waals surface area contributed by atoms with Crippen LogP contribution in [0.2, 0.25) is 0 Å². The minimum atomic E-state index is 0.111. The summed E-state index contributed by atoms with van der Waals surface area (Å²) in [7, 11) is 0. The molecule has 0 aliphatic heterocycles. The van der Waals surface area contributed by atoms with E-state index in [1.54, 1.807) is 17.1 Å². The van der Waals surface area contributed by atoms with Gasteiger partial charge in [-0.1, -0.05) is 0 Å². The third-order valence-corrected chi connectivity index (χ3v) is 2.31. The number of hydrogen-bond acceptors (Lipinski definition) is 5. The van der Waals surface area contributed by atoms with Crippen LogP contribution in [0.1, 0.15) is 24.1 Å². The second kappa shape index (κ2) is 4.58. The predicted octanol–water partition coefficient (Wildman–Crippen LogP) is 0.564. The zero-order valence-electron chi connectivity index (χ0n) is 10.3. The van der Waals surface area contributed by atoms with Gasteiger partial charge in [-0.05, 0) is 32.8 Å². The Hall–Kier alpha value is -1.82. The maximum Gasteiger partial charge on any atom is 0.252 e. The lowest BCUT2D eigenvalue weighted by Crippen LogP contribution is -2.18. The van der Waals surface area contributed by atoms with Gasteiger partial charge < -0.3 is 5.73 Å². The molecule has 2 rings (SSSR count). The molecule has 2 aromatic heterocycles. The zero-order chi connectivity index (χ0) is 12.4. The molecule has 90 valence electrons. The third-order valence-electron chi connectivity index (χ3n) is 2.31. The first-order chi connectivity index (χ1) is 8.06. The van der Waals surface area contributed by atoms with Crippen LogP contribution in [0.25, 0.3) is 5.95 Å². The zero-order valence-corrected chi connectivity index (χ0v) is 10.3. The SMILES string of the molecule is Cc1nc(C)n(-c2ncc(CC(C)N)cn2)n1. The van der Waals surface area contributed by atoms with E-state index in [0.29, 0.717) is 11.8 Å². The molecule has 17 heavy (non-hydrogen) atoms. The molecule has 0 spiro atoms. The quantitative estimate of drug-likeness (QED) is 0.836. The Morgan fingerprint density at radius 2 is 1.94 bits per heavy atom. The molecule has 0 aliphatic carbocycles. The molecule has 0 saturated carbocycles. The first-order valence-corrected chi connectivity index (χ1v) is 5.53. The number of hydrogen-bond donors (Lipinski definition) is 1. The van der Waals surface area contributed by atoms with Gasteiger partial charge in [0.15, 0.2) is 0 Å². The van der Waals surface area contributed by atoms with Crippen LogP contribution in [0.4, 0.5) is 0 Å². The predicted molar refractivity (Wildman–Crippen MR) is 63.8 cm³/mol. The van der Waals surface area contributed by atoms with Crippen molar-refractivity contribution in [3.05, 3.63) is 29.6 Å². The second-order valence-corrected chi connectivity index (χ2v) is 4.19. The molecule has 0 aliphatic rings. The molecule has 6 nitrogen and oxygen atoms in total. The van der Waals surface area contributed by atoms with Crippen molar-refractivity contribution in [2.24, 2.45) is 5.73 Å². The largest absolute Gasteiger partial charge is 0.328 e. The van der Waals surface area contributed by atoms with E-state index in [1.807, 2.05) is 20.8 Å². The second-order valence-electron chi connectivity index (χ2n) is 4.19. The van der Waals surface area contributed by atoms with Crippen molar-refractivity contribution in [3.63, 3.8) is 0 Å². The van der Waals surface area contributed by atoms with Crippen LogP contribution < -0.4 is 5.73 Å². The van der Waals surface area contributed by atoms with Crippen molar-refractivity contribution in [3.8, 4) is 5.95 Å². The summed E-state index contributed by atoms with van der Waals surface area (Å²) >= 11 is 0. The first kappa shape index (κ1) is 11.7. The third kappa shape index (κ3) is 2.65. The van der Waals surface area contributed by atoms with Gasteiger partial charge in [0.2, 0.25) is 0 Å². The summed E-state index contributed by atoms with van der Waals surface area (Å²) in [6, 6.07) is 0.111. The summed E-state index contributed by atoms with van der Waals surface area (Å²) in [5.41, 5.74) is 6.74. The van der Waals surface area contributed by atoms with Gasteiger partial charge in [0, 0.05) is 18.4 Å². The fourth-order valence-corrected chi connectivity index (χ4v) is 1.64. The van der Waals surface area contributed by atoms with Crippen molar-refractivity contribution >= 4 is 0 Å². The number of nitrogens with two attached hydrogens (primary N) is 1. The maximum absolute atomic E-state index is 5.72. The van der Waals surface area contributed by atoms with Crippen LogP contribution in [0.3, 0.4) is 0 Å². The van der Waals surface area contributed by atoms with Gasteiger partial charge in [-0.15, -0.1) is 5.10 Å². The van der Waals surface area contributed by atoms with Crippen molar-refractivity contribution in [2.45, 2.75) is 33.2 Å². The standard InChI is InChI=1S/C11H16N6/c1-7(12)4-10-5-13-11(14-6-10)17-9(3)15-8(2)16-17/h5-7H,4,12H2,1-3H3. The van der Waals surface area contributed by atoms with Crippen LogP contribution in [-0.2, 0) is 6.42 Å². The lowest BCUT2D eigenvalue weighted by Gasteiger charge is -2.05. The van der Waals surface area contributed by atoms with E-state index < -0.39 is 0 Å². The Morgan fingerprint density at radius 3 is 2.41 bits per heavy atom. The van der Waals surface area contributed by atoms with Gasteiger partial charge in [0.05, 0.1) is 0 Å². The van der Waals surface area contributed by atoms with Crippen LogP contribution >= 0.6 is 0 Å². The van der Waals surface area contributed by atoms with Gasteiger partial charge in [0.25, 0.3) is 5.95 Å².